The van der Waals surface area contributed by atoms with Gasteiger partial charge in [-0.05, 0) is 25.1 Å². The first-order valence-electron chi connectivity index (χ1n) is 3.63. The second-order valence-electron chi connectivity index (χ2n) is 2.61. The lowest BCUT2D eigenvalue weighted by molar-refractivity contribution is 0.389. The summed E-state index contributed by atoms with van der Waals surface area (Å²) in [6.07, 6.45) is 1.21. The number of rotatable bonds is 1. The average molecular weight is 164 g/mol. The van der Waals surface area contributed by atoms with Crippen LogP contribution in [0.5, 0.6) is 0 Å². The Morgan fingerprint density at radius 3 is 2.91 bits per heavy atom. The second-order valence-corrected chi connectivity index (χ2v) is 3.72. The van der Waals surface area contributed by atoms with Crippen LogP contribution >= 0.6 is 11.3 Å². The fourth-order valence-electron chi connectivity index (χ4n) is 1.13. The molecule has 0 bridgehead atoms. The molecule has 0 saturated carbocycles. The third-order valence-electron chi connectivity index (χ3n) is 1.90. The van der Waals surface area contributed by atoms with Gasteiger partial charge in [-0.15, -0.1) is 11.3 Å². The lowest BCUT2D eigenvalue weighted by Crippen LogP contribution is -2.34. The number of hydrogen-bond donors (Lipinski definition) is 1. The Morgan fingerprint density at radius 1 is 1.64 bits per heavy atom. The molecule has 2 rings (SSSR count). The van der Waals surface area contributed by atoms with Gasteiger partial charge in [-0.25, -0.2) is 0 Å². The monoisotopic (exact) mass is 164 g/mol. The second kappa shape index (κ2) is 2.65. The van der Waals surface area contributed by atoms with Crippen LogP contribution in [0.2, 0.25) is 0 Å². The summed E-state index contributed by atoms with van der Waals surface area (Å²) in [5, 5.41) is 11.9. The maximum Gasteiger partial charge on any atom is 0.110 e. The Hall–Kier alpha value is -0.850. The Balaban J connectivity index is 2.19. The minimum Gasteiger partial charge on any atom is -0.309 e. The quantitative estimate of drug-likeness (QED) is 0.685. The van der Waals surface area contributed by atoms with Gasteiger partial charge in [-0.2, -0.15) is 5.26 Å². The van der Waals surface area contributed by atoms with E-state index >= 15 is 0 Å². The van der Waals surface area contributed by atoms with E-state index in [0.29, 0.717) is 6.04 Å². The van der Waals surface area contributed by atoms with Crippen molar-refractivity contribution in [3.05, 3.63) is 21.9 Å². The van der Waals surface area contributed by atoms with Gasteiger partial charge < -0.3 is 5.32 Å². The van der Waals surface area contributed by atoms with Gasteiger partial charge >= 0.3 is 0 Å². The van der Waals surface area contributed by atoms with Gasteiger partial charge in [-0.3, -0.25) is 0 Å². The minimum absolute atomic E-state index is 0.530. The van der Waals surface area contributed by atoms with Crippen molar-refractivity contribution in [1.29, 1.82) is 5.26 Å². The van der Waals surface area contributed by atoms with Crippen LogP contribution in [-0.2, 0) is 0 Å². The molecular weight excluding hydrogens is 156 g/mol. The number of nitrogens with zero attached hydrogens (tertiary/aromatic N) is 1. The molecule has 1 fully saturated rings. The molecular formula is C8H8N2S. The first-order chi connectivity index (χ1) is 5.40. The van der Waals surface area contributed by atoms with Gasteiger partial charge in [0.25, 0.3) is 0 Å². The zero-order valence-corrected chi connectivity index (χ0v) is 6.82. The molecule has 1 unspecified atom stereocenters. The van der Waals surface area contributed by atoms with Crippen LogP contribution in [0.3, 0.4) is 0 Å². The third-order valence-corrected chi connectivity index (χ3v) is 3.01. The van der Waals surface area contributed by atoms with E-state index < -0.39 is 0 Å². The highest BCUT2D eigenvalue weighted by Gasteiger charge is 2.19. The Kier molecular flexibility index (Phi) is 1.65. The first-order valence-corrected chi connectivity index (χ1v) is 4.45. The van der Waals surface area contributed by atoms with E-state index in [2.05, 4.69) is 11.4 Å². The predicted molar refractivity (Wildman–Crippen MR) is 44.4 cm³/mol. The molecule has 1 aromatic rings. The van der Waals surface area contributed by atoms with Crippen LogP contribution in [0.25, 0.3) is 0 Å². The fourth-order valence-corrected chi connectivity index (χ4v) is 2.05. The van der Waals surface area contributed by atoms with Crippen LogP contribution < -0.4 is 5.32 Å². The Morgan fingerprint density at radius 2 is 2.45 bits per heavy atom. The number of nitrogens with one attached hydrogen (secondary N) is 1. The van der Waals surface area contributed by atoms with Crippen molar-refractivity contribution in [3.8, 4) is 6.07 Å². The first kappa shape index (κ1) is 6.84. The molecule has 2 heterocycles. The topological polar surface area (TPSA) is 35.8 Å². The van der Waals surface area contributed by atoms with Crippen molar-refractivity contribution in [2.75, 3.05) is 6.54 Å². The van der Waals surface area contributed by atoms with Gasteiger partial charge in [0.2, 0.25) is 0 Å². The van der Waals surface area contributed by atoms with Crippen molar-refractivity contribution in [2.24, 2.45) is 0 Å². The molecule has 2 nitrogen and oxygen atoms in total. The maximum atomic E-state index is 8.56. The molecule has 1 saturated heterocycles. The highest BCUT2D eigenvalue weighted by atomic mass is 32.1. The van der Waals surface area contributed by atoms with Gasteiger partial charge in [0, 0.05) is 10.9 Å². The van der Waals surface area contributed by atoms with Crippen molar-refractivity contribution >= 4 is 11.3 Å². The van der Waals surface area contributed by atoms with Crippen LogP contribution in [0.1, 0.15) is 22.2 Å². The Labute approximate surface area is 69.5 Å². The summed E-state index contributed by atoms with van der Waals surface area (Å²) in [6, 6.07) is 6.60. The summed E-state index contributed by atoms with van der Waals surface area (Å²) in [4.78, 5) is 2.11. The SMILES string of the molecule is N#Cc1ccc(C2CCN2)s1. The molecule has 1 aliphatic heterocycles. The summed E-state index contributed by atoms with van der Waals surface area (Å²) in [7, 11) is 0. The predicted octanol–water partition coefficient (Wildman–Crippen LogP) is 1.65. The molecule has 11 heavy (non-hydrogen) atoms. The van der Waals surface area contributed by atoms with E-state index in [-0.39, 0.29) is 0 Å². The summed E-state index contributed by atoms with van der Waals surface area (Å²) in [6.45, 7) is 1.12. The number of nitriles is 1. The largest absolute Gasteiger partial charge is 0.309 e. The molecule has 1 aliphatic rings. The average Bonchev–Trinajstić information content (AvgIpc) is 2.32. The summed E-state index contributed by atoms with van der Waals surface area (Å²) < 4.78 is 0. The molecule has 56 valence electrons. The molecule has 0 aromatic carbocycles. The van der Waals surface area contributed by atoms with E-state index in [4.69, 9.17) is 5.26 Å². The highest BCUT2D eigenvalue weighted by molar-refractivity contribution is 7.12. The molecule has 1 atom stereocenters. The molecule has 0 spiro atoms. The summed E-state index contributed by atoms with van der Waals surface area (Å²) >= 11 is 1.59. The van der Waals surface area contributed by atoms with Gasteiger partial charge in [-0.1, -0.05) is 0 Å². The number of thiophene rings is 1. The fraction of sp³-hybridized carbons (Fsp3) is 0.375. The van der Waals surface area contributed by atoms with Gasteiger partial charge in [0.1, 0.15) is 10.9 Å². The molecule has 1 N–H and O–H groups in total. The van der Waals surface area contributed by atoms with E-state index in [1.54, 1.807) is 11.3 Å². The molecule has 3 heteroatoms. The molecule has 1 aromatic heterocycles. The zero-order chi connectivity index (χ0) is 7.68. The maximum absolute atomic E-state index is 8.56. The van der Waals surface area contributed by atoms with Crippen molar-refractivity contribution < 1.29 is 0 Å². The smallest absolute Gasteiger partial charge is 0.110 e. The van der Waals surface area contributed by atoms with Gasteiger partial charge in [0.05, 0.1) is 0 Å². The zero-order valence-electron chi connectivity index (χ0n) is 6.00. The third kappa shape index (κ3) is 1.15. The minimum atomic E-state index is 0.530. The summed E-state index contributed by atoms with van der Waals surface area (Å²) in [5.41, 5.74) is 0. The molecule has 0 amide bonds. The van der Waals surface area contributed by atoms with E-state index in [9.17, 15) is 0 Å². The highest BCUT2D eigenvalue weighted by Crippen LogP contribution is 2.28. The van der Waals surface area contributed by atoms with Crippen molar-refractivity contribution in [3.63, 3.8) is 0 Å². The van der Waals surface area contributed by atoms with E-state index in [0.717, 1.165) is 11.4 Å². The standard InChI is InChI=1S/C8H8N2S/c9-5-6-1-2-8(11-6)7-3-4-10-7/h1-2,7,10H,3-4H2. The van der Waals surface area contributed by atoms with E-state index in [1.165, 1.54) is 11.3 Å². The Bertz CT molecular complexity index is 293. The van der Waals surface area contributed by atoms with Crippen LogP contribution in [0, 0.1) is 11.3 Å². The van der Waals surface area contributed by atoms with Crippen LogP contribution in [0.4, 0.5) is 0 Å². The lowest BCUT2D eigenvalue weighted by atomic mass is 10.1. The molecule has 0 radical (unpaired) electrons. The molecule has 0 aliphatic carbocycles. The summed E-state index contributed by atoms with van der Waals surface area (Å²) in [5.74, 6) is 0. The number of hydrogen-bond acceptors (Lipinski definition) is 3. The normalized spacial score (nSPS) is 22.3. The lowest BCUT2D eigenvalue weighted by Gasteiger charge is -2.26. The van der Waals surface area contributed by atoms with E-state index in [1.807, 2.05) is 12.1 Å². The van der Waals surface area contributed by atoms with Crippen molar-refractivity contribution in [1.82, 2.24) is 5.32 Å². The van der Waals surface area contributed by atoms with Crippen molar-refractivity contribution in [2.45, 2.75) is 12.5 Å². The van der Waals surface area contributed by atoms with Crippen LogP contribution in [0.15, 0.2) is 12.1 Å². The van der Waals surface area contributed by atoms with Crippen LogP contribution in [-0.4, -0.2) is 6.54 Å². The van der Waals surface area contributed by atoms with Gasteiger partial charge in [0.15, 0.2) is 0 Å².